The number of aliphatic hydroxyl groups excluding tert-OH is 1. The lowest BCUT2D eigenvalue weighted by molar-refractivity contribution is 0.299. The van der Waals surface area contributed by atoms with Crippen molar-refractivity contribution in [3.05, 3.63) is 59.7 Å². The Balaban J connectivity index is 2.04. The van der Waals surface area contributed by atoms with E-state index in [0.717, 1.165) is 16.8 Å². The van der Waals surface area contributed by atoms with Crippen LogP contribution in [0.3, 0.4) is 0 Å². The quantitative estimate of drug-likeness (QED) is 0.868. The Labute approximate surface area is 112 Å². The van der Waals surface area contributed by atoms with Crippen molar-refractivity contribution < 1.29 is 9.50 Å². The largest absolute Gasteiger partial charge is 0.396 e. The van der Waals surface area contributed by atoms with Gasteiger partial charge in [0.05, 0.1) is 12.2 Å². The number of benzene rings is 1. The molecule has 0 fully saturated rings. The maximum atomic E-state index is 13.1. The predicted molar refractivity (Wildman–Crippen MR) is 73.5 cm³/mol. The van der Waals surface area contributed by atoms with Crippen LogP contribution >= 0.6 is 0 Å². The first kappa shape index (κ1) is 13.5. The van der Waals surface area contributed by atoms with Gasteiger partial charge in [0.1, 0.15) is 5.82 Å². The van der Waals surface area contributed by atoms with Crippen LogP contribution in [0.5, 0.6) is 0 Å². The fourth-order valence-electron chi connectivity index (χ4n) is 1.90. The van der Waals surface area contributed by atoms with E-state index in [0.29, 0.717) is 6.42 Å². The Kier molecular flexibility index (Phi) is 4.47. The van der Waals surface area contributed by atoms with Crippen LogP contribution in [0.2, 0.25) is 0 Å². The van der Waals surface area contributed by atoms with Gasteiger partial charge in [-0.2, -0.15) is 0 Å². The number of hydrogen-bond donors (Lipinski definition) is 2. The Morgan fingerprint density at radius 3 is 2.63 bits per heavy atom. The third-order valence-electron chi connectivity index (χ3n) is 2.96. The van der Waals surface area contributed by atoms with E-state index in [9.17, 15) is 4.39 Å². The molecule has 2 aromatic rings. The summed E-state index contributed by atoms with van der Waals surface area (Å²) >= 11 is 0. The summed E-state index contributed by atoms with van der Waals surface area (Å²) < 4.78 is 13.1. The summed E-state index contributed by atoms with van der Waals surface area (Å²) in [7, 11) is 0. The maximum absolute atomic E-state index is 13.1. The van der Waals surface area contributed by atoms with Gasteiger partial charge >= 0.3 is 0 Å². The van der Waals surface area contributed by atoms with E-state index in [2.05, 4.69) is 10.3 Å². The van der Waals surface area contributed by atoms with Crippen LogP contribution in [-0.4, -0.2) is 16.7 Å². The number of nitrogens with one attached hydrogen (secondary N) is 1. The van der Waals surface area contributed by atoms with E-state index in [-0.39, 0.29) is 18.5 Å². The van der Waals surface area contributed by atoms with Gasteiger partial charge in [0, 0.05) is 18.5 Å². The van der Waals surface area contributed by atoms with E-state index >= 15 is 0 Å². The van der Waals surface area contributed by atoms with Crippen LogP contribution in [0, 0.1) is 5.82 Å². The van der Waals surface area contributed by atoms with Crippen molar-refractivity contribution in [1.82, 2.24) is 4.98 Å². The second-order valence-electron chi connectivity index (χ2n) is 4.47. The highest BCUT2D eigenvalue weighted by atomic mass is 19.1. The molecule has 19 heavy (non-hydrogen) atoms. The minimum Gasteiger partial charge on any atom is -0.396 e. The highest BCUT2D eigenvalue weighted by Crippen LogP contribution is 2.19. The van der Waals surface area contributed by atoms with E-state index in [1.165, 1.54) is 12.3 Å². The highest BCUT2D eigenvalue weighted by Gasteiger charge is 2.06. The predicted octanol–water partition coefficient (Wildman–Crippen LogP) is 2.93. The fourth-order valence-corrected chi connectivity index (χ4v) is 1.90. The maximum Gasteiger partial charge on any atom is 0.141 e. The lowest BCUT2D eigenvalue weighted by Crippen LogP contribution is -2.07. The van der Waals surface area contributed by atoms with Gasteiger partial charge in [0.15, 0.2) is 0 Å². The van der Waals surface area contributed by atoms with Gasteiger partial charge in [-0.05, 0) is 42.7 Å². The topological polar surface area (TPSA) is 45.1 Å². The molecule has 2 rings (SSSR count). The molecule has 0 aliphatic rings. The molecule has 1 aromatic heterocycles. The molecule has 0 spiro atoms. The molecule has 0 radical (unpaired) electrons. The minimum atomic E-state index is -0.329. The van der Waals surface area contributed by atoms with Crippen LogP contribution in [0.25, 0.3) is 0 Å². The molecule has 0 amide bonds. The van der Waals surface area contributed by atoms with E-state index in [1.54, 1.807) is 6.20 Å². The van der Waals surface area contributed by atoms with Crippen LogP contribution in [0.1, 0.15) is 24.1 Å². The molecule has 0 aliphatic carbocycles. The number of aliphatic hydroxyl groups is 1. The fraction of sp³-hybridized carbons (Fsp3) is 0.267. The molecule has 4 heteroatoms. The van der Waals surface area contributed by atoms with Crippen molar-refractivity contribution in [3.63, 3.8) is 0 Å². The second kappa shape index (κ2) is 6.29. The Morgan fingerprint density at radius 1 is 1.26 bits per heavy atom. The molecule has 1 heterocycles. The van der Waals surface area contributed by atoms with Crippen molar-refractivity contribution in [2.24, 2.45) is 0 Å². The van der Waals surface area contributed by atoms with Crippen LogP contribution in [0.15, 0.2) is 42.7 Å². The normalized spacial score (nSPS) is 12.2. The van der Waals surface area contributed by atoms with Crippen molar-refractivity contribution in [2.75, 3.05) is 11.9 Å². The van der Waals surface area contributed by atoms with Crippen LogP contribution in [-0.2, 0) is 6.42 Å². The molecule has 0 saturated carbocycles. The Bertz CT molecular complexity index is 528. The Hall–Kier alpha value is -1.94. The minimum absolute atomic E-state index is 0.0214. The summed E-state index contributed by atoms with van der Waals surface area (Å²) in [5.74, 6) is -0.329. The average molecular weight is 260 g/mol. The molecule has 0 bridgehead atoms. The van der Waals surface area contributed by atoms with Gasteiger partial charge < -0.3 is 10.4 Å². The molecule has 1 aromatic carbocycles. The first-order chi connectivity index (χ1) is 9.19. The van der Waals surface area contributed by atoms with Crippen molar-refractivity contribution in [3.8, 4) is 0 Å². The standard InChI is InChI=1S/C15H17FN2O/c1-11(13-8-14(16)10-17-9-13)18-15-4-2-12(3-5-15)6-7-19/h2-5,8-11,18-19H,6-7H2,1H3. The number of rotatable bonds is 5. The molecule has 1 unspecified atom stereocenters. The number of hydrogen-bond acceptors (Lipinski definition) is 3. The van der Waals surface area contributed by atoms with Gasteiger partial charge in [-0.25, -0.2) is 4.39 Å². The lowest BCUT2D eigenvalue weighted by atomic mass is 10.1. The summed E-state index contributed by atoms with van der Waals surface area (Å²) in [6, 6.07) is 9.30. The van der Waals surface area contributed by atoms with Gasteiger partial charge in [-0.3, -0.25) is 4.98 Å². The van der Waals surface area contributed by atoms with Crippen LogP contribution in [0.4, 0.5) is 10.1 Å². The smallest absolute Gasteiger partial charge is 0.141 e. The number of aromatic nitrogens is 1. The molecule has 100 valence electrons. The van der Waals surface area contributed by atoms with Gasteiger partial charge in [0.2, 0.25) is 0 Å². The number of anilines is 1. The van der Waals surface area contributed by atoms with Crippen molar-refractivity contribution in [2.45, 2.75) is 19.4 Å². The van der Waals surface area contributed by atoms with Gasteiger partial charge in [0.25, 0.3) is 0 Å². The molecule has 1 atom stereocenters. The summed E-state index contributed by atoms with van der Waals surface area (Å²) in [4.78, 5) is 3.84. The number of nitrogens with zero attached hydrogens (tertiary/aromatic N) is 1. The number of pyridine rings is 1. The second-order valence-corrected chi connectivity index (χ2v) is 4.47. The van der Waals surface area contributed by atoms with E-state index in [4.69, 9.17) is 5.11 Å². The van der Waals surface area contributed by atoms with Crippen molar-refractivity contribution in [1.29, 1.82) is 0 Å². The lowest BCUT2D eigenvalue weighted by Gasteiger charge is -2.15. The zero-order chi connectivity index (χ0) is 13.7. The molecule has 0 aliphatic heterocycles. The number of halogens is 1. The summed E-state index contributed by atoms with van der Waals surface area (Å²) in [5.41, 5.74) is 2.85. The zero-order valence-corrected chi connectivity index (χ0v) is 10.8. The summed E-state index contributed by atoms with van der Waals surface area (Å²) in [5, 5.41) is 12.1. The van der Waals surface area contributed by atoms with Gasteiger partial charge in [-0.15, -0.1) is 0 Å². The van der Waals surface area contributed by atoms with Crippen molar-refractivity contribution >= 4 is 5.69 Å². The monoisotopic (exact) mass is 260 g/mol. The zero-order valence-electron chi connectivity index (χ0n) is 10.8. The van der Waals surface area contributed by atoms with E-state index < -0.39 is 0 Å². The Morgan fingerprint density at radius 2 is 2.00 bits per heavy atom. The molecular weight excluding hydrogens is 243 g/mol. The third kappa shape index (κ3) is 3.76. The third-order valence-corrected chi connectivity index (χ3v) is 2.96. The van der Waals surface area contributed by atoms with Gasteiger partial charge in [-0.1, -0.05) is 12.1 Å². The average Bonchev–Trinajstić information content (AvgIpc) is 2.41. The SMILES string of the molecule is CC(Nc1ccc(CCO)cc1)c1cncc(F)c1. The summed E-state index contributed by atoms with van der Waals surface area (Å²) in [6.45, 7) is 2.11. The molecule has 3 nitrogen and oxygen atoms in total. The molecule has 0 saturated heterocycles. The first-order valence-corrected chi connectivity index (χ1v) is 6.26. The molecule has 2 N–H and O–H groups in total. The highest BCUT2D eigenvalue weighted by molar-refractivity contribution is 5.46. The van der Waals surface area contributed by atoms with E-state index in [1.807, 2.05) is 31.2 Å². The summed E-state index contributed by atoms with van der Waals surface area (Å²) in [6.07, 6.45) is 3.50. The van der Waals surface area contributed by atoms with Crippen LogP contribution < -0.4 is 5.32 Å². The molecular formula is C15H17FN2O. The first-order valence-electron chi connectivity index (χ1n) is 6.26.